The van der Waals surface area contributed by atoms with Crippen LogP contribution >= 0.6 is 0 Å². The number of azo groups is 2. The van der Waals surface area contributed by atoms with Crippen molar-refractivity contribution in [3.8, 4) is 5.75 Å². The molecule has 130 valence electrons. The lowest BCUT2D eigenvalue weighted by Crippen LogP contribution is -1.82. The van der Waals surface area contributed by atoms with Crippen LogP contribution in [0, 0.1) is 13.8 Å². The van der Waals surface area contributed by atoms with E-state index in [0.29, 0.717) is 17.1 Å². The molecule has 0 bridgehead atoms. The number of rotatable bonds is 5. The molecular formula is C21H20N4O. The Morgan fingerprint density at radius 3 is 1.58 bits per heavy atom. The van der Waals surface area contributed by atoms with Gasteiger partial charge in [-0.1, -0.05) is 35.4 Å². The van der Waals surface area contributed by atoms with E-state index in [4.69, 9.17) is 4.74 Å². The molecule has 0 spiro atoms. The molecule has 0 radical (unpaired) electrons. The summed E-state index contributed by atoms with van der Waals surface area (Å²) in [5, 5.41) is 17.0. The first kappa shape index (κ1) is 17.5. The molecule has 0 fully saturated rings. The summed E-state index contributed by atoms with van der Waals surface area (Å²) in [4.78, 5) is 0. The van der Waals surface area contributed by atoms with Crippen molar-refractivity contribution in [3.63, 3.8) is 0 Å². The maximum Gasteiger partial charge on any atom is 0.148 e. The zero-order valence-corrected chi connectivity index (χ0v) is 15.0. The lowest BCUT2D eigenvalue weighted by Gasteiger charge is -2.04. The predicted molar refractivity (Wildman–Crippen MR) is 104 cm³/mol. The van der Waals surface area contributed by atoms with Gasteiger partial charge in [0.1, 0.15) is 11.4 Å². The summed E-state index contributed by atoms with van der Waals surface area (Å²) in [5.74, 6) is 0.598. The van der Waals surface area contributed by atoms with Gasteiger partial charge in [-0.15, -0.1) is 5.11 Å². The third kappa shape index (κ3) is 4.60. The summed E-state index contributed by atoms with van der Waals surface area (Å²) in [7, 11) is 1.60. The second-order valence-corrected chi connectivity index (χ2v) is 5.93. The van der Waals surface area contributed by atoms with E-state index >= 15 is 0 Å². The summed E-state index contributed by atoms with van der Waals surface area (Å²) >= 11 is 0. The van der Waals surface area contributed by atoms with Gasteiger partial charge in [0.15, 0.2) is 0 Å². The zero-order chi connectivity index (χ0) is 18.4. The molecule has 0 aromatic heterocycles. The lowest BCUT2D eigenvalue weighted by atomic mass is 10.2. The molecule has 3 rings (SSSR count). The molecule has 5 heteroatoms. The fraction of sp³-hybridized carbons (Fsp3) is 0.143. The number of hydrogen-bond acceptors (Lipinski definition) is 5. The Morgan fingerprint density at radius 1 is 0.577 bits per heavy atom. The van der Waals surface area contributed by atoms with Crippen molar-refractivity contribution in [1.82, 2.24) is 0 Å². The maximum atomic E-state index is 5.41. The smallest absolute Gasteiger partial charge is 0.148 e. The Morgan fingerprint density at radius 2 is 1.04 bits per heavy atom. The third-order valence-corrected chi connectivity index (χ3v) is 3.79. The Kier molecular flexibility index (Phi) is 5.49. The van der Waals surface area contributed by atoms with Gasteiger partial charge in [-0.25, -0.2) is 0 Å². The molecule has 0 atom stereocenters. The van der Waals surface area contributed by atoms with Gasteiger partial charge in [-0.05, 0) is 50.2 Å². The topological polar surface area (TPSA) is 58.7 Å². The summed E-state index contributed by atoms with van der Waals surface area (Å²) in [6.45, 7) is 4.07. The number of methoxy groups -OCH3 is 1. The lowest BCUT2D eigenvalue weighted by molar-refractivity contribution is 0.416. The first-order valence-corrected chi connectivity index (χ1v) is 8.29. The molecule has 5 nitrogen and oxygen atoms in total. The van der Waals surface area contributed by atoms with Crippen molar-refractivity contribution in [1.29, 1.82) is 0 Å². The standard InChI is InChI=1S/C21H20N4O/c1-15-4-8-17(9-5-15)22-24-19-12-13-20(21(14-19)26-3)25-23-18-10-6-16(2)7-11-18/h4-14H,1-3H3. The van der Waals surface area contributed by atoms with Crippen LogP contribution in [0.1, 0.15) is 11.1 Å². The number of nitrogens with zero attached hydrogens (tertiary/aromatic N) is 4. The van der Waals surface area contributed by atoms with Crippen molar-refractivity contribution in [3.05, 3.63) is 77.9 Å². The Bertz CT molecular complexity index is 929. The molecule has 0 saturated heterocycles. The summed E-state index contributed by atoms with van der Waals surface area (Å²) in [6.07, 6.45) is 0. The van der Waals surface area contributed by atoms with Crippen LogP contribution in [-0.4, -0.2) is 7.11 Å². The Hall–Kier alpha value is -3.34. The van der Waals surface area contributed by atoms with Gasteiger partial charge in [0.05, 0.1) is 24.2 Å². The highest BCUT2D eigenvalue weighted by Crippen LogP contribution is 2.33. The van der Waals surface area contributed by atoms with Crippen molar-refractivity contribution in [2.75, 3.05) is 7.11 Å². The minimum absolute atomic E-state index is 0.598. The van der Waals surface area contributed by atoms with Gasteiger partial charge in [-0.3, -0.25) is 0 Å². The maximum absolute atomic E-state index is 5.41. The van der Waals surface area contributed by atoms with Gasteiger partial charge < -0.3 is 4.74 Å². The summed E-state index contributed by atoms with van der Waals surface area (Å²) < 4.78 is 5.41. The quantitative estimate of drug-likeness (QED) is 0.454. The van der Waals surface area contributed by atoms with Gasteiger partial charge >= 0.3 is 0 Å². The Balaban J connectivity index is 1.78. The zero-order valence-electron chi connectivity index (χ0n) is 15.0. The van der Waals surface area contributed by atoms with Gasteiger partial charge in [0, 0.05) is 6.07 Å². The first-order chi connectivity index (χ1) is 12.6. The number of ether oxygens (including phenoxy) is 1. The van der Waals surface area contributed by atoms with Crippen molar-refractivity contribution in [2.24, 2.45) is 20.5 Å². The van der Waals surface area contributed by atoms with Gasteiger partial charge in [0.2, 0.25) is 0 Å². The van der Waals surface area contributed by atoms with E-state index in [2.05, 4.69) is 20.5 Å². The largest absolute Gasteiger partial charge is 0.494 e. The van der Waals surface area contributed by atoms with Crippen LogP contribution in [0.15, 0.2) is 87.2 Å². The second-order valence-electron chi connectivity index (χ2n) is 5.93. The normalized spacial score (nSPS) is 11.3. The summed E-state index contributed by atoms with van der Waals surface area (Å²) in [5.41, 5.74) is 5.30. The molecule has 0 aliphatic rings. The third-order valence-electron chi connectivity index (χ3n) is 3.79. The fourth-order valence-electron chi connectivity index (χ4n) is 2.26. The highest BCUT2D eigenvalue weighted by Gasteiger charge is 2.04. The molecule has 26 heavy (non-hydrogen) atoms. The van der Waals surface area contributed by atoms with Crippen LogP contribution in [0.25, 0.3) is 0 Å². The van der Waals surface area contributed by atoms with Crippen LogP contribution < -0.4 is 4.74 Å². The van der Waals surface area contributed by atoms with Crippen LogP contribution in [0.5, 0.6) is 5.75 Å². The van der Waals surface area contributed by atoms with Gasteiger partial charge in [-0.2, -0.15) is 15.3 Å². The molecule has 0 N–H and O–H groups in total. The minimum Gasteiger partial charge on any atom is -0.494 e. The second kappa shape index (κ2) is 8.16. The average Bonchev–Trinajstić information content (AvgIpc) is 2.67. The first-order valence-electron chi connectivity index (χ1n) is 8.29. The molecule has 3 aromatic rings. The van der Waals surface area contributed by atoms with Crippen LogP contribution in [0.4, 0.5) is 22.7 Å². The van der Waals surface area contributed by atoms with E-state index < -0.39 is 0 Å². The average molecular weight is 344 g/mol. The predicted octanol–water partition coefficient (Wildman–Crippen LogP) is 7.14. The highest BCUT2D eigenvalue weighted by atomic mass is 16.5. The molecule has 0 amide bonds. The van der Waals surface area contributed by atoms with E-state index in [-0.39, 0.29) is 0 Å². The molecule has 0 aliphatic carbocycles. The minimum atomic E-state index is 0.598. The van der Waals surface area contributed by atoms with Crippen molar-refractivity contribution in [2.45, 2.75) is 13.8 Å². The number of hydrogen-bond donors (Lipinski definition) is 0. The SMILES string of the molecule is COc1cc(N=Nc2ccc(C)cc2)ccc1N=Nc1ccc(C)cc1. The van der Waals surface area contributed by atoms with Crippen molar-refractivity contribution >= 4 is 22.7 Å². The van der Waals surface area contributed by atoms with Crippen LogP contribution in [-0.2, 0) is 0 Å². The number of benzene rings is 3. The van der Waals surface area contributed by atoms with E-state index in [1.807, 2.05) is 74.5 Å². The van der Waals surface area contributed by atoms with Crippen LogP contribution in [0.3, 0.4) is 0 Å². The van der Waals surface area contributed by atoms with Crippen LogP contribution in [0.2, 0.25) is 0 Å². The molecule has 0 unspecified atom stereocenters. The van der Waals surface area contributed by atoms with E-state index in [1.54, 1.807) is 13.2 Å². The molecule has 3 aromatic carbocycles. The summed E-state index contributed by atoms with van der Waals surface area (Å²) in [6, 6.07) is 21.2. The molecular weight excluding hydrogens is 324 g/mol. The fourth-order valence-corrected chi connectivity index (χ4v) is 2.26. The van der Waals surface area contributed by atoms with Gasteiger partial charge in [0.25, 0.3) is 0 Å². The van der Waals surface area contributed by atoms with E-state index in [9.17, 15) is 0 Å². The van der Waals surface area contributed by atoms with Crippen molar-refractivity contribution < 1.29 is 4.74 Å². The number of aryl methyl sites for hydroxylation is 2. The van der Waals surface area contributed by atoms with E-state index in [0.717, 1.165) is 11.4 Å². The molecule has 0 heterocycles. The Labute approximate surface area is 153 Å². The highest BCUT2D eigenvalue weighted by molar-refractivity contribution is 5.59. The molecule has 0 saturated carbocycles. The van der Waals surface area contributed by atoms with E-state index in [1.165, 1.54) is 11.1 Å². The molecule has 0 aliphatic heterocycles. The monoisotopic (exact) mass is 344 g/mol.